The molecular weight excluding hydrogens is 267 g/mol. The largest absolute Gasteiger partial charge is 0.585 e. The number of nitrogen functional groups attached to an aromatic ring is 2. The average Bonchev–Trinajstić information content (AvgIpc) is 2.35. The fraction of sp³-hybridized carbons (Fsp3) is 0. The Morgan fingerprint density at radius 3 is 1.58 bits per heavy atom. The first-order valence-corrected chi connectivity index (χ1v) is 6.88. The summed E-state index contributed by atoms with van der Waals surface area (Å²) in [7, 11) is -4.35. The van der Waals surface area contributed by atoms with Crippen molar-refractivity contribution in [2.75, 3.05) is 11.5 Å². The molecule has 0 aliphatic heterocycles. The second-order valence-electron chi connectivity index (χ2n) is 3.73. The number of hydrogen-bond donors (Lipinski definition) is 3. The van der Waals surface area contributed by atoms with Gasteiger partial charge in [0.15, 0.2) is 11.5 Å². The van der Waals surface area contributed by atoms with Crippen LogP contribution in [-0.2, 0) is 4.57 Å². The summed E-state index contributed by atoms with van der Waals surface area (Å²) in [5, 5.41) is 0. The van der Waals surface area contributed by atoms with E-state index in [1.165, 1.54) is 12.1 Å². The molecule has 0 unspecified atom stereocenters. The third-order valence-corrected chi connectivity index (χ3v) is 3.12. The highest BCUT2D eigenvalue weighted by Gasteiger charge is 2.26. The Bertz CT molecular complexity index is 581. The Balaban J connectivity index is 2.18. The van der Waals surface area contributed by atoms with E-state index in [4.69, 9.17) is 20.5 Å². The van der Waals surface area contributed by atoms with Crippen LogP contribution in [0.4, 0.5) is 11.4 Å². The van der Waals surface area contributed by atoms with Crippen LogP contribution in [0.15, 0.2) is 48.5 Å². The molecule has 7 heteroatoms. The van der Waals surface area contributed by atoms with E-state index in [0.717, 1.165) is 0 Å². The third kappa shape index (κ3) is 3.40. The molecule has 0 aliphatic carbocycles. The van der Waals surface area contributed by atoms with E-state index >= 15 is 0 Å². The highest BCUT2D eigenvalue weighted by Crippen LogP contribution is 2.46. The van der Waals surface area contributed by atoms with E-state index in [0.29, 0.717) is 0 Å². The predicted molar refractivity (Wildman–Crippen MR) is 72.8 cm³/mol. The second kappa shape index (κ2) is 5.22. The SMILES string of the molecule is Nc1ccccc1OP(=O)(O)Oc1ccccc1N. The Morgan fingerprint density at radius 1 is 0.842 bits per heavy atom. The van der Waals surface area contributed by atoms with Gasteiger partial charge in [0.1, 0.15) is 0 Å². The standard InChI is InChI=1S/C12H13N2O4P/c13-9-5-1-3-7-11(9)17-19(15,16)18-12-8-4-2-6-10(12)14/h1-8H,13-14H2,(H,15,16). The Hall–Kier alpha value is -2.17. The molecule has 0 spiro atoms. The van der Waals surface area contributed by atoms with Crippen molar-refractivity contribution in [1.29, 1.82) is 0 Å². The molecule has 2 aromatic rings. The lowest BCUT2D eigenvalue weighted by Crippen LogP contribution is -2.03. The normalized spacial score (nSPS) is 11.0. The van der Waals surface area contributed by atoms with Crippen molar-refractivity contribution in [3.63, 3.8) is 0 Å². The van der Waals surface area contributed by atoms with E-state index in [-0.39, 0.29) is 22.9 Å². The number of nitrogens with two attached hydrogens (primary N) is 2. The number of benzene rings is 2. The van der Waals surface area contributed by atoms with Crippen LogP contribution >= 0.6 is 7.82 Å². The number of phosphoric acid groups is 1. The minimum atomic E-state index is -4.35. The van der Waals surface area contributed by atoms with Crippen molar-refractivity contribution < 1.29 is 18.5 Å². The van der Waals surface area contributed by atoms with E-state index < -0.39 is 7.82 Å². The van der Waals surface area contributed by atoms with Crippen LogP contribution in [-0.4, -0.2) is 4.89 Å². The average molecular weight is 280 g/mol. The predicted octanol–water partition coefficient (Wildman–Crippen LogP) is 2.41. The number of para-hydroxylation sites is 4. The zero-order valence-electron chi connectivity index (χ0n) is 9.89. The summed E-state index contributed by atoms with van der Waals surface area (Å²) in [5.74, 6) is 0.144. The minimum absolute atomic E-state index is 0.0721. The van der Waals surface area contributed by atoms with Crippen molar-refractivity contribution in [2.24, 2.45) is 0 Å². The summed E-state index contributed by atoms with van der Waals surface area (Å²) in [6, 6.07) is 12.6. The first kappa shape index (κ1) is 13.3. The summed E-state index contributed by atoms with van der Waals surface area (Å²) >= 11 is 0. The monoisotopic (exact) mass is 280 g/mol. The first-order chi connectivity index (χ1) is 8.98. The first-order valence-electron chi connectivity index (χ1n) is 5.39. The van der Waals surface area contributed by atoms with Gasteiger partial charge in [0.25, 0.3) is 0 Å². The number of phosphoric ester groups is 1. The van der Waals surface area contributed by atoms with Gasteiger partial charge in [-0.2, -0.15) is 0 Å². The maximum Gasteiger partial charge on any atom is 0.585 e. The van der Waals surface area contributed by atoms with Crippen molar-refractivity contribution in [3.8, 4) is 11.5 Å². The fourth-order valence-electron chi connectivity index (χ4n) is 1.39. The van der Waals surface area contributed by atoms with Gasteiger partial charge >= 0.3 is 7.82 Å². The van der Waals surface area contributed by atoms with Crippen LogP contribution in [0, 0.1) is 0 Å². The lowest BCUT2D eigenvalue weighted by molar-refractivity contribution is 0.292. The highest BCUT2D eigenvalue weighted by atomic mass is 31.2. The molecule has 6 nitrogen and oxygen atoms in total. The fourth-order valence-corrected chi connectivity index (χ4v) is 2.26. The summed E-state index contributed by atoms with van der Waals surface area (Å²) in [4.78, 5) is 9.67. The summed E-state index contributed by atoms with van der Waals surface area (Å²) in [6.07, 6.45) is 0. The van der Waals surface area contributed by atoms with Gasteiger partial charge in [-0.3, -0.25) is 4.89 Å². The third-order valence-electron chi connectivity index (χ3n) is 2.27. The minimum Gasteiger partial charge on any atom is -0.396 e. The lowest BCUT2D eigenvalue weighted by atomic mass is 10.3. The van der Waals surface area contributed by atoms with Gasteiger partial charge in [0, 0.05) is 0 Å². The van der Waals surface area contributed by atoms with E-state index in [9.17, 15) is 9.46 Å². The zero-order chi connectivity index (χ0) is 13.9. The topological polar surface area (TPSA) is 108 Å². The summed E-state index contributed by atoms with van der Waals surface area (Å²) < 4.78 is 21.7. The number of hydrogen-bond acceptors (Lipinski definition) is 5. The van der Waals surface area contributed by atoms with Gasteiger partial charge in [-0.05, 0) is 24.3 Å². The molecule has 0 fully saturated rings. The van der Waals surface area contributed by atoms with Crippen molar-refractivity contribution in [1.82, 2.24) is 0 Å². The molecule has 0 heterocycles. The van der Waals surface area contributed by atoms with Gasteiger partial charge in [0.05, 0.1) is 11.4 Å². The highest BCUT2D eigenvalue weighted by molar-refractivity contribution is 7.48. The Labute approximate surface area is 110 Å². The van der Waals surface area contributed by atoms with Gasteiger partial charge in [-0.1, -0.05) is 24.3 Å². The Morgan fingerprint density at radius 2 is 1.21 bits per heavy atom. The van der Waals surface area contributed by atoms with Gasteiger partial charge < -0.3 is 20.5 Å². The van der Waals surface area contributed by atoms with Crippen LogP contribution < -0.4 is 20.5 Å². The van der Waals surface area contributed by atoms with Crippen molar-refractivity contribution in [2.45, 2.75) is 0 Å². The van der Waals surface area contributed by atoms with Crippen LogP contribution in [0.25, 0.3) is 0 Å². The lowest BCUT2D eigenvalue weighted by Gasteiger charge is -2.15. The Kier molecular flexibility index (Phi) is 3.64. The van der Waals surface area contributed by atoms with Crippen LogP contribution in [0.5, 0.6) is 11.5 Å². The van der Waals surface area contributed by atoms with Crippen molar-refractivity contribution in [3.05, 3.63) is 48.5 Å². The molecule has 0 bridgehead atoms. The van der Waals surface area contributed by atoms with Gasteiger partial charge in [-0.15, -0.1) is 0 Å². The number of rotatable bonds is 4. The molecule has 2 aromatic carbocycles. The van der Waals surface area contributed by atoms with E-state index in [2.05, 4.69) is 0 Å². The molecule has 0 radical (unpaired) electrons. The van der Waals surface area contributed by atoms with Gasteiger partial charge in [0.2, 0.25) is 0 Å². The maximum absolute atomic E-state index is 11.9. The molecule has 0 aliphatic rings. The van der Waals surface area contributed by atoms with E-state index in [1.807, 2.05) is 0 Å². The molecule has 0 saturated heterocycles. The van der Waals surface area contributed by atoms with Crippen LogP contribution in [0.2, 0.25) is 0 Å². The molecule has 0 atom stereocenters. The molecular formula is C12H13N2O4P. The van der Waals surface area contributed by atoms with Gasteiger partial charge in [-0.25, -0.2) is 4.57 Å². The molecule has 19 heavy (non-hydrogen) atoms. The molecule has 0 amide bonds. The summed E-state index contributed by atoms with van der Waals surface area (Å²) in [5.41, 5.74) is 11.7. The van der Waals surface area contributed by atoms with Crippen LogP contribution in [0.3, 0.4) is 0 Å². The zero-order valence-corrected chi connectivity index (χ0v) is 10.8. The van der Waals surface area contributed by atoms with Crippen LogP contribution in [0.1, 0.15) is 0 Å². The number of anilines is 2. The second-order valence-corrected chi connectivity index (χ2v) is 5.03. The quantitative estimate of drug-likeness (QED) is 0.586. The summed E-state index contributed by atoms with van der Waals surface area (Å²) in [6.45, 7) is 0. The smallest absolute Gasteiger partial charge is 0.396 e. The molecule has 2 rings (SSSR count). The van der Waals surface area contributed by atoms with E-state index in [1.54, 1.807) is 36.4 Å². The molecule has 100 valence electrons. The molecule has 0 saturated carbocycles. The van der Waals surface area contributed by atoms with Crippen molar-refractivity contribution >= 4 is 19.2 Å². The molecule has 5 N–H and O–H groups in total. The maximum atomic E-state index is 11.9. The molecule has 0 aromatic heterocycles.